The Morgan fingerprint density at radius 3 is 2.20 bits per heavy atom. The van der Waals surface area contributed by atoms with E-state index >= 15 is 0 Å². The minimum atomic E-state index is -4.26. The fraction of sp³-hybridized carbons (Fsp3) is 0.700. The lowest BCUT2D eigenvalue weighted by atomic mass is 10.3. The number of halogens is 3. The number of rotatable bonds is 3. The zero-order chi connectivity index (χ0) is 15.3. The van der Waals surface area contributed by atoms with E-state index < -0.39 is 24.5 Å². The first kappa shape index (κ1) is 16.6. The van der Waals surface area contributed by atoms with E-state index in [-0.39, 0.29) is 37.7 Å². The Hall–Kier alpha value is -1.42. The van der Waals surface area contributed by atoms with Crippen molar-refractivity contribution in [1.82, 2.24) is 15.1 Å². The molecule has 0 spiro atoms. The Bertz CT molecular complexity index is 394. The molecule has 0 aromatic carbocycles. The van der Waals surface area contributed by atoms with E-state index in [0.29, 0.717) is 0 Å². The molecule has 0 saturated carbocycles. The molecule has 1 fully saturated rings. The van der Waals surface area contributed by atoms with Gasteiger partial charge in [-0.3, -0.25) is 14.5 Å². The molecule has 0 bridgehead atoms. The van der Waals surface area contributed by atoms with Gasteiger partial charge < -0.3 is 16.0 Å². The van der Waals surface area contributed by atoms with Gasteiger partial charge in [0.05, 0.1) is 18.1 Å². The van der Waals surface area contributed by atoms with Gasteiger partial charge in [-0.2, -0.15) is 13.2 Å². The Morgan fingerprint density at radius 1 is 1.20 bits per heavy atom. The number of hydrogen-bond donors (Lipinski definition) is 2. The molecule has 0 radical (unpaired) electrons. The summed E-state index contributed by atoms with van der Waals surface area (Å²) in [5.41, 5.74) is 5.17. The van der Waals surface area contributed by atoms with Crippen molar-refractivity contribution in [2.45, 2.75) is 6.18 Å². The second kappa shape index (κ2) is 6.84. The monoisotopic (exact) mass is 312 g/mol. The maximum atomic E-state index is 12.2. The number of nitrogens with two attached hydrogens (primary N) is 1. The number of nitrogens with zero attached hydrogens (tertiary/aromatic N) is 2. The largest absolute Gasteiger partial charge is 0.401 e. The van der Waals surface area contributed by atoms with E-state index in [1.807, 2.05) is 0 Å². The summed E-state index contributed by atoms with van der Waals surface area (Å²) < 4.78 is 36.6. The number of carbonyl (C=O) groups is 2. The molecule has 0 atom stereocenters. The standard InChI is InChI=1S/C10H15F3N4O2S/c11-10(12,13)6-16-1-3-17(4-2-16)9(19)8(18)15-5-7(14)20/h1-6H2,(H2,14,20)(H,15,18). The van der Waals surface area contributed by atoms with E-state index in [1.165, 1.54) is 9.80 Å². The van der Waals surface area contributed by atoms with Gasteiger partial charge in [0.15, 0.2) is 0 Å². The molecule has 0 aromatic heterocycles. The second-order valence-corrected chi connectivity index (χ2v) is 4.86. The smallest absolute Gasteiger partial charge is 0.392 e. The fourth-order valence-corrected chi connectivity index (χ4v) is 1.82. The Labute approximate surface area is 119 Å². The molecule has 6 nitrogen and oxygen atoms in total. The lowest BCUT2D eigenvalue weighted by Gasteiger charge is -2.34. The lowest BCUT2D eigenvalue weighted by Crippen LogP contribution is -2.54. The number of thiocarbonyl (C=S) groups is 1. The van der Waals surface area contributed by atoms with E-state index in [9.17, 15) is 22.8 Å². The predicted octanol–water partition coefficient (Wildman–Crippen LogP) is -0.905. The highest BCUT2D eigenvalue weighted by Gasteiger charge is 2.33. The fourth-order valence-electron chi connectivity index (χ4n) is 1.75. The van der Waals surface area contributed by atoms with Gasteiger partial charge in [0.25, 0.3) is 0 Å². The van der Waals surface area contributed by atoms with Gasteiger partial charge in [-0.05, 0) is 0 Å². The van der Waals surface area contributed by atoms with Crippen molar-refractivity contribution in [2.75, 3.05) is 39.3 Å². The van der Waals surface area contributed by atoms with Crippen molar-refractivity contribution in [3.8, 4) is 0 Å². The highest BCUT2D eigenvalue weighted by molar-refractivity contribution is 7.80. The third-order valence-electron chi connectivity index (χ3n) is 2.68. The molecule has 0 aromatic rings. The van der Waals surface area contributed by atoms with Gasteiger partial charge in [0, 0.05) is 26.2 Å². The average molecular weight is 312 g/mol. The molecule has 0 aliphatic carbocycles. The van der Waals surface area contributed by atoms with Crippen LogP contribution >= 0.6 is 12.2 Å². The summed E-state index contributed by atoms with van der Waals surface area (Å²) in [6, 6.07) is 0. The summed E-state index contributed by atoms with van der Waals surface area (Å²) in [5, 5.41) is 2.24. The van der Waals surface area contributed by atoms with Crippen LogP contribution in [-0.4, -0.2) is 72.0 Å². The van der Waals surface area contributed by atoms with Gasteiger partial charge in [-0.25, -0.2) is 0 Å². The molecule has 1 heterocycles. The van der Waals surface area contributed by atoms with Crippen LogP contribution < -0.4 is 11.1 Å². The number of carbonyl (C=O) groups excluding carboxylic acids is 2. The molecule has 114 valence electrons. The first-order valence-electron chi connectivity index (χ1n) is 5.83. The minimum Gasteiger partial charge on any atom is -0.392 e. The van der Waals surface area contributed by atoms with Crippen molar-refractivity contribution in [3.63, 3.8) is 0 Å². The van der Waals surface area contributed by atoms with Crippen LogP contribution in [0.5, 0.6) is 0 Å². The summed E-state index contributed by atoms with van der Waals surface area (Å²) in [4.78, 5) is 25.6. The summed E-state index contributed by atoms with van der Waals surface area (Å²) in [6.45, 7) is -0.789. The van der Waals surface area contributed by atoms with Gasteiger partial charge in [-0.15, -0.1) is 0 Å². The van der Waals surface area contributed by atoms with E-state index in [0.717, 1.165) is 0 Å². The minimum absolute atomic E-state index is 0.0427. The lowest BCUT2D eigenvalue weighted by molar-refractivity contribution is -0.155. The van der Waals surface area contributed by atoms with Crippen molar-refractivity contribution >= 4 is 29.0 Å². The van der Waals surface area contributed by atoms with Gasteiger partial charge in [0.2, 0.25) is 0 Å². The zero-order valence-corrected chi connectivity index (χ0v) is 11.4. The third kappa shape index (κ3) is 5.70. The quantitative estimate of drug-likeness (QED) is 0.521. The van der Waals surface area contributed by atoms with Crippen LogP contribution in [-0.2, 0) is 9.59 Å². The van der Waals surface area contributed by atoms with E-state index in [1.54, 1.807) is 0 Å². The summed E-state index contributed by atoms with van der Waals surface area (Å²) >= 11 is 4.55. The molecule has 1 aliphatic rings. The topological polar surface area (TPSA) is 78.7 Å². The first-order chi connectivity index (χ1) is 9.19. The number of amides is 2. The van der Waals surface area contributed by atoms with Gasteiger partial charge in [-0.1, -0.05) is 12.2 Å². The van der Waals surface area contributed by atoms with Crippen LogP contribution in [0.1, 0.15) is 0 Å². The molecular formula is C10H15F3N4O2S. The maximum Gasteiger partial charge on any atom is 0.401 e. The number of nitrogens with one attached hydrogen (secondary N) is 1. The Balaban J connectivity index is 2.39. The Kier molecular flexibility index (Phi) is 5.69. The third-order valence-corrected chi connectivity index (χ3v) is 2.82. The predicted molar refractivity (Wildman–Crippen MR) is 68.9 cm³/mol. The Morgan fingerprint density at radius 2 is 1.75 bits per heavy atom. The van der Waals surface area contributed by atoms with Gasteiger partial charge in [0.1, 0.15) is 0 Å². The van der Waals surface area contributed by atoms with Crippen LogP contribution in [0.4, 0.5) is 13.2 Å². The van der Waals surface area contributed by atoms with Gasteiger partial charge >= 0.3 is 18.0 Å². The van der Waals surface area contributed by atoms with Crippen LogP contribution in [0.15, 0.2) is 0 Å². The molecular weight excluding hydrogens is 297 g/mol. The molecule has 2 amide bonds. The summed E-state index contributed by atoms with van der Waals surface area (Å²) in [5.74, 6) is -1.64. The summed E-state index contributed by atoms with van der Waals surface area (Å²) in [6.07, 6.45) is -4.26. The average Bonchev–Trinajstić information content (AvgIpc) is 2.34. The molecule has 10 heteroatoms. The highest BCUT2D eigenvalue weighted by Crippen LogP contribution is 2.17. The number of piperazine rings is 1. The van der Waals surface area contributed by atoms with Crippen LogP contribution in [0.2, 0.25) is 0 Å². The van der Waals surface area contributed by atoms with Crippen LogP contribution in [0.3, 0.4) is 0 Å². The summed E-state index contributed by atoms with van der Waals surface area (Å²) in [7, 11) is 0. The van der Waals surface area contributed by atoms with Crippen LogP contribution in [0, 0.1) is 0 Å². The number of hydrogen-bond acceptors (Lipinski definition) is 4. The van der Waals surface area contributed by atoms with E-state index in [2.05, 4.69) is 17.5 Å². The van der Waals surface area contributed by atoms with Crippen LogP contribution in [0.25, 0.3) is 0 Å². The molecule has 1 saturated heterocycles. The molecule has 1 rings (SSSR count). The molecule has 1 aliphatic heterocycles. The van der Waals surface area contributed by atoms with Crippen molar-refractivity contribution in [3.05, 3.63) is 0 Å². The highest BCUT2D eigenvalue weighted by atomic mass is 32.1. The number of alkyl halides is 3. The zero-order valence-electron chi connectivity index (χ0n) is 10.6. The SMILES string of the molecule is NC(=S)CNC(=O)C(=O)N1CCN(CC(F)(F)F)CC1. The molecule has 0 unspecified atom stereocenters. The molecule has 3 N–H and O–H groups in total. The maximum absolute atomic E-state index is 12.2. The normalized spacial score (nSPS) is 16.9. The van der Waals surface area contributed by atoms with Crippen molar-refractivity contribution in [2.24, 2.45) is 5.73 Å². The first-order valence-corrected chi connectivity index (χ1v) is 6.24. The molecule has 20 heavy (non-hydrogen) atoms. The second-order valence-electron chi connectivity index (χ2n) is 4.33. The van der Waals surface area contributed by atoms with E-state index in [4.69, 9.17) is 5.73 Å². The van der Waals surface area contributed by atoms with Crippen molar-refractivity contribution < 1.29 is 22.8 Å². The van der Waals surface area contributed by atoms with Crippen molar-refractivity contribution in [1.29, 1.82) is 0 Å².